The molecule has 0 fully saturated rings. The predicted octanol–water partition coefficient (Wildman–Crippen LogP) is 2.19. The van der Waals surface area contributed by atoms with Crippen LogP contribution in [0.4, 0.5) is 11.8 Å². The molecular weight excluding hydrogens is 375 g/mol. The average Bonchev–Trinajstić information content (AvgIpc) is 3.33. The summed E-state index contributed by atoms with van der Waals surface area (Å²) in [5, 5.41) is 16.1. The number of aryl methyl sites for hydroxylation is 1. The van der Waals surface area contributed by atoms with Gasteiger partial charge in [-0.25, -0.2) is 14.4 Å². The molecule has 1 aliphatic rings. The molecule has 0 saturated heterocycles. The highest BCUT2D eigenvalue weighted by Gasteiger charge is 2.36. The largest absolute Gasteiger partial charge is 0.477 e. The van der Waals surface area contributed by atoms with Crippen LogP contribution in [0.2, 0.25) is 0 Å². The Labute approximate surface area is 163 Å². The smallest absolute Gasteiger partial charge is 0.228 e. The first kappa shape index (κ1) is 17.1. The van der Waals surface area contributed by atoms with Crippen LogP contribution >= 0.6 is 9.24 Å². The number of rotatable bonds is 4. The van der Waals surface area contributed by atoms with E-state index in [0.717, 1.165) is 40.6 Å². The van der Waals surface area contributed by atoms with Crippen molar-refractivity contribution in [1.29, 1.82) is 0 Å². The van der Waals surface area contributed by atoms with E-state index in [0.29, 0.717) is 12.6 Å². The van der Waals surface area contributed by atoms with E-state index in [9.17, 15) is 0 Å². The number of ether oxygens (including phenoxy) is 1. The highest BCUT2D eigenvalue weighted by atomic mass is 31.0. The van der Waals surface area contributed by atoms with Crippen molar-refractivity contribution in [3.8, 4) is 17.1 Å². The fraction of sp³-hybridized carbons (Fsp3) is 0.278. The lowest BCUT2D eigenvalue weighted by Gasteiger charge is -2.31. The molecule has 0 saturated carbocycles. The Hall–Kier alpha value is -3.06. The number of aromatic nitrogens is 7. The van der Waals surface area contributed by atoms with Gasteiger partial charge in [-0.2, -0.15) is 5.10 Å². The SMILES string of the molecule is Cn1nccc1Nc1nccc(-c2cc3n4c(nnc4c2)C(C)(CP)CO3)n1. The molecule has 0 amide bonds. The predicted molar refractivity (Wildman–Crippen MR) is 108 cm³/mol. The first-order valence-corrected chi connectivity index (χ1v) is 9.70. The molecule has 4 aromatic rings. The van der Waals surface area contributed by atoms with Crippen molar-refractivity contribution in [3.63, 3.8) is 0 Å². The maximum Gasteiger partial charge on any atom is 0.228 e. The minimum Gasteiger partial charge on any atom is -0.477 e. The summed E-state index contributed by atoms with van der Waals surface area (Å²) in [6.07, 6.45) is 4.29. The summed E-state index contributed by atoms with van der Waals surface area (Å²) in [5.74, 6) is 2.95. The molecule has 2 unspecified atom stereocenters. The first-order valence-electron chi connectivity index (χ1n) is 8.88. The van der Waals surface area contributed by atoms with Gasteiger partial charge in [-0.05, 0) is 25.2 Å². The fourth-order valence-corrected chi connectivity index (χ4v) is 3.57. The van der Waals surface area contributed by atoms with Crippen molar-refractivity contribution in [2.75, 3.05) is 18.1 Å². The zero-order chi connectivity index (χ0) is 19.3. The van der Waals surface area contributed by atoms with Gasteiger partial charge < -0.3 is 10.1 Å². The summed E-state index contributed by atoms with van der Waals surface area (Å²) < 4.78 is 9.75. The molecule has 0 radical (unpaired) electrons. The molecule has 10 heteroatoms. The van der Waals surface area contributed by atoms with Gasteiger partial charge in [0.05, 0.1) is 17.3 Å². The molecule has 0 spiro atoms. The van der Waals surface area contributed by atoms with Crippen LogP contribution in [-0.2, 0) is 12.5 Å². The standard InChI is InChI=1S/C18H19N8OP/c1-18(10-28)9-27-15-8-11(7-14-23-24-16(18)26(14)15)12-3-5-19-17(21-12)22-13-4-6-20-25(13)2/h3-8H,9-10,28H2,1-2H3,(H,19,21,22). The summed E-state index contributed by atoms with van der Waals surface area (Å²) in [5.41, 5.74) is 2.23. The van der Waals surface area contributed by atoms with Gasteiger partial charge in [0.15, 0.2) is 5.65 Å². The number of hydrogen-bond acceptors (Lipinski definition) is 7. The Bertz CT molecular complexity index is 1190. The normalized spacial score (nSPS) is 18.2. The molecule has 142 valence electrons. The lowest BCUT2D eigenvalue weighted by molar-refractivity contribution is 0.200. The second-order valence-electron chi connectivity index (χ2n) is 7.08. The Balaban J connectivity index is 1.56. The van der Waals surface area contributed by atoms with Gasteiger partial charge in [0, 0.05) is 30.9 Å². The van der Waals surface area contributed by atoms with E-state index in [-0.39, 0.29) is 5.41 Å². The number of hydrogen-bond donors (Lipinski definition) is 1. The third-order valence-electron chi connectivity index (χ3n) is 5.01. The lowest BCUT2D eigenvalue weighted by atomic mass is 9.92. The number of nitrogens with one attached hydrogen (secondary N) is 1. The van der Waals surface area contributed by atoms with Gasteiger partial charge in [0.1, 0.15) is 18.2 Å². The maximum atomic E-state index is 6.05. The van der Waals surface area contributed by atoms with Crippen LogP contribution < -0.4 is 10.1 Å². The van der Waals surface area contributed by atoms with Crippen LogP contribution in [0.25, 0.3) is 16.9 Å². The van der Waals surface area contributed by atoms with Gasteiger partial charge in [0.25, 0.3) is 0 Å². The highest BCUT2D eigenvalue weighted by Crippen LogP contribution is 2.35. The summed E-state index contributed by atoms with van der Waals surface area (Å²) in [6.45, 7) is 2.69. The van der Waals surface area contributed by atoms with E-state index in [1.54, 1.807) is 17.1 Å². The third kappa shape index (κ3) is 2.62. The third-order valence-corrected chi connectivity index (χ3v) is 5.91. The first-order chi connectivity index (χ1) is 13.6. The molecule has 0 aromatic carbocycles. The van der Waals surface area contributed by atoms with Gasteiger partial charge in [-0.15, -0.1) is 19.4 Å². The van der Waals surface area contributed by atoms with E-state index in [4.69, 9.17) is 4.74 Å². The van der Waals surface area contributed by atoms with Gasteiger partial charge in [-0.3, -0.25) is 4.68 Å². The van der Waals surface area contributed by atoms with E-state index in [1.165, 1.54) is 0 Å². The maximum absolute atomic E-state index is 6.05. The monoisotopic (exact) mass is 394 g/mol. The summed E-state index contributed by atoms with van der Waals surface area (Å²) >= 11 is 0. The molecule has 1 N–H and O–H groups in total. The number of nitrogens with zero attached hydrogens (tertiary/aromatic N) is 7. The Morgan fingerprint density at radius 1 is 1.25 bits per heavy atom. The Morgan fingerprint density at radius 2 is 2.14 bits per heavy atom. The van der Waals surface area contributed by atoms with Crippen LogP contribution in [0.3, 0.4) is 0 Å². The minimum atomic E-state index is -0.173. The molecule has 9 nitrogen and oxygen atoms in total. The summed E-state index contributed by atoms with van der Waals surface area (Å²) in [7, 11) is 4.63. The molecular formula is C18H19N8OP. The van der Waals surface area contributed by atoms with Gasteiger partial charge >= 0.3 is 0 Å². The average molecular weight is 394 g/mol. The van der Waals surface area contributed by atoms with Crippen LogP contribution in [0.1, 0.15) is 12.7 Å². The second kappa shape index (κ2) is 6.24. The lowest BCUT2D eigenvalue weighted by Crippen LogP contribution is -2.37. The molecule has 0 bridgehead atoms. The molecule has 1 aliphatic heterocycles. The van der Waals surface area contributed by atoms with E-state index < -0.39 is 0 Å². The van der Waals surface area contributed by atoms with Gasteiger partial charge in [-0.1, -0.05) is 0 Å². The van der Waals surface area contributed by atoms with Crippen molar-refractivity contribution in [2.45, 2.75) is 12.3 Å². The molecule has 2 atom stereocenters. The Morgan fingerprint density at radius 3 is 2.93 bits per heavy atom. The van der Waals surface area contributed by atoms with Crippen LogP contribution in [0.15, 0.2) is 36.7 Å². The summed E-state index contributed by atoms with van der Waals surface area (Å²) in [4.78, 5) is 8.93. The summed E-state index contributed by atoms with van der Waals surface area (Å²) in [6, 6.07) is 7.66. The number of anilines is 2. The molecule has 4 aromatic heterocycles. The highest BCUT2D eigenvalue weighted by molar-refractivity contribution is 7.16. The second-order valence-corrected chi connectivity index (χ2v) is 7.49. The van der Waals surface area contributed by atoms with E-state index >= 15 is 0 Å². The Kier molecular flexibility index (Phi) is 3.80. The molecule has 5 rings (SSSR count). The van der Waals surface area contributed by atoms with Crippen molar-refractivity contribution < 1.29 is 4.74 Å². The van der Waals surface area contributed by atoms with Crippen molar-refractivity contribution in [1.82, 2.24) is 34.3 Å². The zero-order valence-corrected chi connectivity index (χ0v) is 16.6. The van der Waals surface area contributed by atoms with Crippen molar-refractivity contribution >= 4 is 26.7 Å². The number of pyridine rings is 1. The van der Waals surface area contributed by atoms with Crippen molar-refractivity contribution in [3.05, 3.63) is 42.5 Å². The van der Waals surface area contributed by atoms with E-state index in [1.807, 2.05) is 35.7 Å². The zero-order valence-electron chi connectivity index (χ0n) is 15.5. The molecule has 28 heavy (non-hydrogen) atoms. The van der Waals surface area contributed by atoms with Crippen molar-refractivity contribution in [2.24, 2.45) is 7.05 Å². The van der Waals surface area contributed by atoms with Gasteiger partial charge in [0.2, 0.25) is 11.8 Å². The minimum absolute atomic E-state index is 0.173. The molecule has 0 aliphatic carbocycles. The molecule has 5 heterocycles. The fourth-order valence-electron chi connectivity index (χ4n) is 3.27. The van der Waals surface area contributed by atoms with Crippen LogP contribution in [0, 0.1) is 0 Å². The topological polar surface area (TPSA) is 95.1 Å². The van der Waals surface area contributed by atoms with Crippen LogP contribution in [-0.4, -0.2) is 47.1 Å². The van der Waals surface area contributed by atoms with Crippen LogP contribution in [0.5, 0.6) is 5.88 Å². The van der Waals surface area contributed by atoms with E-state index in [2.05, 4.69) is 46.7 Å². The quantitative estimate of drug-likeness (QED) is 0.530.